The number of rotatable bonds is 7. The molecule has 2 aromatic rings. The lowest BCUT2D eigenvalue weighted by molar-refractivity contribution is 0.0778. The first-order chi connectivity index (χ1) is 12.7. The van der Waals surface area contributed by atoms with Gasteiger partial charge in [0.05, 0.1) is 12.1 Å². The number of aliphatic hydroxyl groups is 2. The number of pyridine rings is 1. The number of likely N-dealkylation sites (tertiary alicyclic amines) is 1. The van der Waals surface area contributed by atoms with Crippen molar-refractivity contribution in [2.45, 2.75) is 6.92 Å². The molecular formula is C20H27N3O3. The summed E-state index contributed by atoms with van der Waals surface area (Å²) in [5, 5.41) is 19.9. The highest BCUT2D eigenvalue weighted by atomic mass is 16.3. The van der Waals surface area contributed by atoms with Gasteiger partial charge in [0.2, 0.25) is 0 Å². The molecule has 140 valence electrons. The second-order valence-electron chi connectivity index (χ2n) is 6.94. The van der Waals surface area contributed by atoms with Gasteiger partial charge in [0.1, 0.15) is 0 Å². The zero-order valence-corrected chi connectivity index (χ0v) is 15.2. The summed E-state index contributed by atoms with van der Waals surface area (Å²) in [4.78, 5) is 21.3. The number of benzene rings is 1. The van der Waals surface area contributed by atoms with Crippen LogP contribution in [0.5, 0.6) is 0 Å². The van der Waals surface area contributed by atoms with Gasteiger partial charge in [-0.05, 0) is 36.7 Å². The van der Waals surface area contributed by atoms with E-state index < -0.39 is 0 Å². The summed E-state index contributed by atoms with van der Waals surface area (Å²) < 4.78 is 0. The lowest BCUT2D eigenvalue weighted by atomic mass is 9.96. The summed E-state index contributed by atoms with van der Waals surface area (Å²) in [6.07, 6.45) is 1.74. The third-order valence-electron chi connectivity index (χ3n) is 5.30. The molecule has 0 aliphatic carbocycles. The van der Waals surface area contributed by atoms with Crippen LogP contribution in [0.15, 0.2) is 36.5 Å². The molecule has 0 spiro atoms. The molecule has 26 heavy (non-hydrogen) atoms. The molecule has 2 unspecified atom stereocenters. The maximum Gasteiger partial charge on any atom is 0.253 e. The molecule has 3 rings (SSSR count). The van der Waals surface area contributed by atoms with Crippen molar-refractivity contribution in [3.8, 4) is 0 Å². The van der Waals surface area contributed by atoms with E-state index in [9.17, 15) is 15.0 Å². The van der Waals surface area contributed by atoms with E-state index in [2.05, 4.69) is 16.8 Å². The zero-order valence-electron chi connectivity index (χ0n) is 15.2. The fourth-order valence-electron chi connectivity index (χ4n) is 3.76. The Morgan fingerprint density at radius 1 is 1.27 bits per heavy atom. The monoisotopic (exact) mass is 357 g/mol. The largest absolute Gasteiger partial charge is 0.396 e. The summed E-state index contributed by atoms with van der Waals surface area (Å²) in [5.41, 5.74) is 1.53. The molecule has 2 atom stereocenters. The van der Waals surface area contributed by atoms with Gasteiger partial charge in [-0.25, -0.2) is 0 Å². The first kappa shape index (κ1) is 18.8. The summed E-state index contributed by atoms with van der Waals surface area (Å²) in [6, 6.07) is 9.40. The Morgan fingerprint density at radius 2 is 2.08 bits per heavy atom. The summed E-state index contributed by atoms with van der Waals surface area (Å²) in [7, 11) is 0. The van der Waals surface area contributed by atoms with Gasteiger partial charge >= 0.3 is 0 Å². The van der Waals surface area contributed by atoms with E-state index in [0.29, 0.717) is 25.2 Å². The fourth-order valence-corrected chi connectivity index (χ4v) is 3.76. The standard InChI is InChI=1S/C20H27N3O3/c1-2-22(8-9-24)11-17-12-23(13-18(17)14-25)20(26)16-5-6-19-15(10-16)4-3-7-21-19/h3-7,10,17-18,24-25H,2,8-9,11-14H2,1H3. The second kappa shape index (κ2) is 8.58. The first-order valence-corrected chi connectivity index (χ1v) is 9.24. The summed E-state index contributed by atoms with van der Waals surface area (Å²) in [5.74, 6) is 0.299. The van der Waals surface area contributed by atoms with Crippen LogP contribution in [0.3, 0.4) is 0 Å². The third kappa shape index (κ3) is 4.03. The highest BCUT2D eigenvalue weighted by Crippen LogP contribution is 2.26. The molecule has 1 aromatic carbocycles. The number of amides is 1. The van der Waals surface area contributed by atoms with Gasteiger partial charge < -0.3 is 20.0 Å². The number of nitrogens with zero attached hydrogens (tertiary/aromatic N) is 3. The molecule has 1 amide bonds. The molecular weight excluding hydrogens is 330 g/mol. The van der Waals surface area contributed by atoms with Crippen molar-refractivity contribution in [3.05, 3.63) is 42.1 Å². The Balaban J connectivity index is 1.72. The van der Waals surface area contributed by atoms with Crippen molar-refractivity contribution in [3.63, 3.8) is 0 Å². The Labute approximate surface area is 154 Å². The van der Waals surface area contributed by atoms with Gasteiger partial charge in [0.25, 0.3) is 5.91 Å². The first-order valence-electron chi connectivity index (χ1n) is 9.24. The average Bonchev–Trinajstić information content (AvgIpc) is 3.09. The van der Waals surface area contributed by atoms with Crippen LogP contribution >= 0.6 is 0 Å². The normalized spacial score (nSPS) is 20.2. The molecule has 1 saturated heterocycles. The molecule has 1 fully saturated rings. The smallest absolute Gasteiger partial charge is 0.253 e. The average molecular weight is 357 g/mol. The van der Waals surface area contributed by atoms with Crippen LogP contribution < -0.4 is 0 Å². The number of fused-ring (bicyclic) bond motifs is 1. The molecule has 6 nitrogen and oxygen atoms in total. The summed E-state index contributed by atoms with van der Waals surface area (Å²) >= 11 is 0. The number of carbonyl (C=O) groups excluding carboxylic acids is 1. The lowest BCUT2D eigenvalue weighted by Gasteiger charge is -2.25. The zero-order chi connectivity index (χ0) is 18.5. The van der Waals surface area contributed by atoms with E-state index in [1.54, 1.807) is 6.20 Å². The van der Waals surface area contributed by atoms with Crippen molar-refractivity contribution in [1.29, 1.82) is 0 Å². The minimum absolute atomic E-state index is 0.00177. The molecule has 1 aliphatic heterocycles. The van der Waals surface area contributed by atoms with E-state index >= 15 is 0 Å². The number of aromatic nitrogens is 1. The van der Waals surface area contributed by atoms with E-state index in [1.165, 1.54) is 0 Å². The molecule has 1 aromatic heterocycles. The maximum atomic E-state index is 12.9. The molecule has 0 radical (unpaired) electrons. The van der Waals surface area contributed by atoms with E-state index in [4.69, 9.17) is 0 Å². The number of carbonyl (C=O) groups is 1. The van der Waals surface area contributed by atoms with Gasteiger partial charge in [-0.15, -0.1) is 0 Å². The predicted molar refractivity (Wildman–Crippen MR) is 101 cm³/mol. The highest BCUT2D eigenvalue weighted by Gasteiger charge is 2.35. The molecule has 1 aliphatic rings. The van der Waals surface area contributed by atoms with Crippen LogP contribution in [0.25, 0.3) is 10.9 Å². The van der Waals surface area contributed by atoms with Crippen LogP contribution in [0, 0.1) is 11.8 Å². The van der Waals surface area contributed by atoms with Crippen molar-refractivity contribution >= 4 is 16.8 Å². The Morgan fingerprint density at radius 3 is 2.81 bits per heavy atom. The number of hydrogen-bond donors (Lipinski definition) is 2. The minimum Gasteiger partial charge on any atom is -0.396 e. The van der Waals surface area contributed by atoms with Crippen molar-refractivity contribution in [2.24, 2.45) is 11.8 Å². The van der Waals surface area contributed by atoms with Crippen LogP contribution in [-0.4, -0.2) is 76.8 Å². The Hall–Kier alpha value is -2.02. The molecule has 6 heteroatoms. The van der Waals surface area contributed by atoms with E-state index in [0.717, 1.165) is 24.0 Å². The van der Waals surface area contributed by atoms with Crippen LogP contribution in [0.4, 0.5) is 0 Å². The number of hydrogen-bond acceptors (Lipinski definition) is 5. The van der Waals surface area contributed by atoms with Crippen molar-refractivity contribution < 1.29 is 15.0 Å². The van der Waals surface area contributed by atoms with Crippen molar-refractivity contribution in [2.75, 3.05) is 45.9 Å². The second-order valence-corrected chi connectivity index (χ2v) is 6.94. The maximum absolute atomic E-state index is 12.9. The molecule has 2 heterocycles. The van der Waals surface area contributed by atoms with Gasteiger partial charge in [-0.2, -0.15) is 0 Å². The lowest BCUT2D eigenvalue weighted by Crippen LogP contribution is -2.36. The van der Waals surface area contributed by atoms with Gasteiger partial charge in [-0.1, -0.05) is 13.0 Å². The number of aliphatic hydroxyl groups excluding tert-OH is 2. The SMILES string of the molecule is CCN(CCO)CC1CN(C(=O)c2ccc3ncccc3c2)CC1CO. The summed E-state index contributed by atoms with van der Waals surface area (Å²) in [6.45, 7) is 5.72. The quantitative estimate of drug-likeness (QED) is 0.779. The van der Waals surface area contributed by atoms with Crippen molar-refractivity contribution in [1.82, 2.24) is 14.8 Å². The van der Waals surface area contributed by atoms with Crippen LogP contribution in [0.2, 0.25) is 0 Å². The topological polar surface area (TPSA) is 76.9 Å². The van der Waals surface area contributed by atoms with Crippen LogP contribution in [-0.2, 0) is 0 Å². The number of likely N-dealkylation sites (N-methyl/N-ethyl adjacent to an activating group) is 1. The van der Waals surface area contributed by atoms with Gasteiger partial charge in [0.15, 0.2) is 0 Å². The highest BCUT2D eigenvalue weighted by molar-refractivity contribution is 5.98. The molecule has 0 saturated carbocycles. The van der Waals surface area contributed by atoms with E-state index in [1.807, 2.05) is 35.2 Å². The molecule has 0 bridgehead atoms. The van der Waals surface area contributed by atoms with Crippen LogP contribution in [0.1, 0.15) is 17.3 Å². The minimum atomic E-state index is 0.00177. The van der Waals surface area contributed by atoms with Gasteiger partial charge in [-0.3, -0.25) is 9.78 Å². The predicted octanol–water partition coefficient (Wildman–Crippen LogP) is 1.23. The third-order valence-corrected chi connectivity index (χ3v) is 5.30. The molecule has 2 N–H and O–H groups in total. The Kier molecular flexibility index (Phi) is 6.19. The Bertz CT molecular complexity index is 752. The van der Waals surface area contributed by atoms with Gasteiger partial charge in [0, 0.05) is 55.9 Å². The fraction of sp³-hybridized carbons (Fsp3) is 0.500. The van der Waals surface area contributed by atoms with E-state index in [-0.39, 0.29) is 31.0 Å².